The van der Waals surface area contributed by atoms with E-state index in [1.54, 1.807) is 0 Å². The molecule has 4 nitrogen and oxygen atoms in total. The van der Waals surface area contributed by atoms with E-state index < -0.39 is 0 Å². The zero-order valence-corrected chi connectivity index (χ0v) is 32.5. The molecule has 0 radical (unpaired) electrons. The standard InChI is InChI=1S/C56H36N2O2/c1-4-14-40(15-5-1)57(41-16-6-2-7-17-41)44-32-28-39-34-50-46-33-29-38(35-54(46)59-53-25-13-21-47(55(50)53)49(39)36-44)37-26-30-43(31-27-37)58(42-18-8-3-9-19-42)51-23-12-22-48-45-20-10-11-24-52(45)60-56(48)51/h1-36H. The maximum absolute atomic E-state index is 6.79. The van der Waals surface area contributed by atoms with Gasteiger partial charge >= 0.3 is 0 Å². The third-order valence-electron chi connectivity index (χ3n) is 11.8. The normalized spacial score (nSPS) is 11.8. The van der Waals surface area contributed by atoms with Crippen LogP contribution in [-0.4, -0.2) is 0 Å². The number of furan rings is 1. The van der Waals surface area contributed by atoms with Gasteiger partial charge in [0.15, 0.2) is 5.58 Å². The molecule has 0 unspecified atom stereocenters. The van der Waals surface area contributed by atoms with Gasteiger partial charge in [-0.2, -0.15) is 0 Å². The molecule has 4 heteroatoms. The summed E-state index contributed by atoms with van der Waals surface area (Å²) < 4.78 is 13.3. The van der Waals surface area contributed by atoms with Crippen molar-refractivity contribution in [2.24, 2.45) is 0 Å². The number of fused-ring (bicyclic) bond motifs is 7. The van der Waals surface area contributed by atoms with Gasteiger partial charge in [-0.05, 0) is 130 Å². The summed E-state index contributed by atoms with van der Waals surface area (Å²) in [7, 11) is 0. The van der Waals surface area contributed by atoms with Crippen LogP contribution in [0.25, 0.3) is 65.7 Å². The van der Waals surface area contributed by atoms with E-state index in [0.29, 0.717) is 0 Å². The Hall–Kier alpha value is -8.08. The van der Waals surface area contributed by atoms with Gasteiger partial charge in [0, 0.05) is 50.2 Å². The van der Waals surface area contributed by atoms with Crippen molar-refractivity contribution in [2.75, 3.05) is 9.80 Å². The zero-order valence-electron chi connectivity index (χ0n) is 32.5. The number of hydrogen-bond acceptors (Lipinski definition) is 4. The lowest BCUT2D eigenvalue weighted by atomic mass is 9.89. The van der Waals surface area contributed by atoms with Gasteiger partial charge in [0.2, 0.25) is 0 Å². The van der Waals surface area contributed by atoms with Crippen molar-refractivity contribution in [1.29, 1.82) is 0 Å². The first-order valence-corrected chi connectivity index (χ1v) is 20.3. The van der Waals surface area contributed by atoms with Crippen molar-refractivity contribution in [2.45, 2.75) is 0 Å². The van der Waals surface area contributed by atoms with Crippen LogP contribution in [0.2, 0.25) is 0 Å². The lowest BCUT2D eigenvalue weighted by Gasteiger charge is -2.27. The van der Waals surface area contributed by atoms with Gasteiger partial charge in [-0.25, -0.2) is 0 Å². The molecule has 282 valence electrons. The second kappa shape index (κ2) is 13.8. The molecule has 1 aromatic heterocycles. The van der Waals surface area contributed by atoms with E-state index >= 15 is 0 Å². The molecule has 2 heterocycles. The molecule has 1 aliphatic heterocycles. The maximum Gasteiger partial charge on any atom is 0.159 e. The molecule has 0 bridgehead atoms. The van der Waals surface area contributed by atoms with Gasteiger partial charge in [-0.15, -0.1) is 0 Å². The van der Waals surface area contributed by atoms with E-state index in [4.69, 9.17) is 9.15 Å². The second-order valence-corrected chi connectivity index (χ2v) is 15.3. The SMILES string of the molecule is c1ccc(N(c2ccccc2)c2ccc3cc4c5c(cccc5c3c2)Oc2cc(-c3ccc(N(c5ccccc5)c5cccc6c5oc5ccccc56)cc3)ccc2-4)cc1. The highest BCUT2D eigenvalue weighted by Crippen LogP contribution is 2.51. The summed E-state index contributed by atoms with van der Waals surface area (Å²) in [5.41, 5.74) is 12.6. The fourth-order valence-corrected chi connectivity index (χ4v) is 9.05. The Morgan fingerprint density at radius 3 is 1.68 bits per heavy atom. The molecular formula is C56H36N2O2. The summed E-state index contributed by atoms with van der Waals surface area (Å²) in [6.45, 7) is 0. The van der Waals surface area contributed by atoms with Gasteiger partial charge in [0.05, 0.1) is 5.69 Å². The van der Waals surface area contributed by atoms with Gasteiger partial charge in [-0.3, -0.25) is 0 Å². The summed E-state index contributed by atoms with van der Waals surface area (Å²) in [6, 6.07) is 77.2. The molecule has 0 atom stereocenters. The molecule has 0 spiro atoms. The predicted molar refractivity (Wildman–Crippen MR) is 249 cm³/mol. The molecule has 60 heavy (non-hydrogen) atoms. The molecule has 1 aliphatic rings. The minimum Gasteiger partial charge on any atom is -0.456 e. The van der Waals surface area contributed by atoms with Crippen LogP contribution in [0.3, 0.4) is 0 Å². The van der Waals surface area contributed by atoms with Crippen LogP contribution in [0.5, 0.6) is 11.5 Å². The molecule has 0 saturated carbocycles. The van der Waals surface area contributed by atoms with Crippen molar-refractivity contribution < 1.29 is 9.15 Å². The number of hydrogen-bond donors (Lipinski definition) is 0. The first-order chi connectivity index (χ1) is 29.7. The third kappa shape index (κ3) is 5.53. The van der Waals surface area contributed by atoms with Gasteiger partial charge < -0.3 is 19.0 Å². The molecule has 0 saturated heterocycles. The van der Waals surface area contributed by atoms with Gasteiger partial charge in [0.1, 0.15) is 17.1 Å². The van der Waals surface area contributed by atoms with Crippen molar-refractivity contribution >= 4 is 77.6 Å². The summed E-state index contributed by atoms with van der Waals surface area (Å²) >= 11 is 0. The lowest BCUT2D eigenvalue weighted by molar-refractivity contribution is 0.487. The number of rotatable bonds is 7. The van der Waals surface area contributed by atoms with Crippen LogP contribution in [0.15, 0.2) is 223 Å². The molecule has 0 amide bonds. The van der Waals surface area contributed by atoms with Crippen LogP contribution in [0.4, 0.5) is 34.1 Å². The van der Waals surface area contributed by atoms with Crippen molar-refractivity contribution in [3.8, 4) is 33.8 Å². The Balaban J connectivity index is 0.921. The summed E-state index contributed by atoms with van der Waals surface area (Å²) in [6.07, 6.45) is 0. The minimum absolute atomic E-state index is 0.856. The highest BCUT2D eigenvalue weighted by Gasteiger charge is 2.24. The maximum atomic E-state index is 6.79. The van der Waals surface area contributed by atoms with Crippen LogP contribution in [0.1, 0.15) is 0 Å². The van der Waals surface area contributed by atoms with Crippen molar-refractivity contribution in [3.63, 3.8) is 0 Å². The van der Waals surface area contributed by atoms with E-state index in [2.05, 4.69) is 216 Å². The molecular weight excluding hydrogens is 733 g/mol. The van der Waals surface area contributed by atoms with Gasteiger partial charge in [0.25, 0.3) is 0 Å². The van der Waals surface area contributed by atoms with Crippen molar-refractivity contribution in [3.05, 3.63) is 218 Å². The molecule has 0 fully saturated rings. The monoisotopic (exact) mass is 768 g/mol. The zero-order chi connectivity index (χ0) is 39.6. The van der Waals surface area contributed by atoms with Crippen molar-refractivity contribution in [1.82, 2.24) is 0 Å². The molecule has 10 aromatic carbocycles. The number of nitrogens with zero attached hydrogens (tertiary/aromatic N) is 2. The van der Waals surface area contributed by atoms with E-state index in [0.717, 1.165) is 89.6 Å². The fourth-order valence-electron chi connectivity index (χ4n) is 9.05. The number of benzene rings is 10. The van der Waals surface area contributed by atoms with E-state index in [1.807, 2.05) is 12.1 Å². The summed E-state index contributed by atoms with van der Waals surface area (Å²) in [5.74, 6) is 1.73. The summed E-state index contributed by atoms with van der Waals surface area (Å²) in [5, 5.41) is 6.90. The Morgan fingerprint density at radius 1 is 0.333 bits per heavy atom. The molecule has 11 aromatic rings. The third-order valence-corrected chi connectivity index (χ3v) is 11.8. The molecule has 12 rings (SSSR count). The van der Waals surface area contributed by atoms with E-state index in [-0.39, 0.29) is 0 Å². The second-order valence-electron chi connectivity index (χ2n) is 15.3. The Morgan fingerprint density at radius 2 is 0.933 bits per heavy atom. The first-order valence-electron chi connectivity index (χ1n) is 20.3. The van der Waals surface area contributed by atoms with Crippen LogP contribution in [-0.2, 0) is 0 Å². The quantitative estimate of drug-likeness (QED) is 0.151. The predicted octanol–water partition coefficient (Wildman–Crippen LogP) is 16.3. The van der Waals surface area contributed by atoms with Crippen LogP contribution >= 0.6 is 0 Å². The number of para-hydroxylation sites is 5. The summed E-state index contributed by atoms with van der Waals surface area (Å²) in [4.78, 5) is 4.59. The average molecular weight is 769 g/mol. The molecule has 0 aliphatic carbocycles. The highest BCUT2D eigenvalue weighted by atomic mass is 16.5. The first kappa shape index (κ1) is 34.0. The average Bonchev–Trinajstić information content (AvgIpc) is 3.70. The molecule has 0 N–H and O–H groups in total. The Bertz CT molecular complexity index is 3360. The van der Waals surface area contributed by atoms with Gasteiger partial charge in [-0.1, -0.05) is 121 Å². The number of ether oxygens (including phenoxy) is 1. The Labute approximate surface area is 347 Å². The van der Waals surface area contributed by atoms with Crippen LogP contribution in [0, 0.1) is 0 Å². The van der Waals surface area contributed by atoms with Crippen LogP contribution < -0.4 is 14.5 Å². The topological polar surface area (TPSA) is 28.9 Å². The smallest absolute Gasteiger partial charge is 0.159 e. The Kier molecular flexibility index (Phi) is 7.82. The van der Waals surface area contributed by atoms with E-state index in [1.165, 1.54) is 21.7 Å². The minimum atomic E-state index is 0.856. The largest absolute Gasteiger partial charge is 0.456 e. The lowest BCUT2D eigenvalue weighted by Crippen LogP contribution is -2.10. The number of anilines is 6. The highest BCUT2D eigenvalue weighted by molar-refractivity contribution is 6.18. The van der Waals surface area contributed by atoms with E-state index in [9.17, 15) is 0 Å². The fraction of sp³-hybridized carbons (Fsp3) is 0.